The van der Waals surface area contributed by atoms with E-state index in [0.717, 1.165) is 4.31 Å². The standard InChI is InChI=1S/C19H23ClN2O4S/c1-3-26-13-7-12-21-19(23)17-14-15(10-11-18(17)20)22(2)27(24,25)16-8-5-4-6-9-16/h4-6,8-11,14H,3,7,12-13H2,1-2H3,(H,21,23). The van der Waals surface area contributed by atoms with Crippen LogP contribution in [0.5, 0.6) is 0 Å². The van der Waals surface area contributed by atoms with Crippen molar-refractivity contribution in [1.29, 1.82) is 0 Å². The Balaban J connectivity index is 2.17. The second-order valence-electron chi connectivity index (χ2n) is 5.76. The lowest BCUT2D eigenvalue weighted by Crippen LogP contribution is -2.28. The summed E-state index contributed by atoms with van der Waals surface area (Å²) in [5, 5.41) is 3.02. The molecule has 0 aliphatic heterocycles. The number of hydrogen-bond donors (Lipinski definition) is 1. The first kappa shape index (κ1) is 21.2. The lowest BCUT2D eigenvalue weighted by molar-refractivity contribution is 0.0944. The van der Waals surface area contributed by atoms with E-state index < -0.39 is 10.0 Å². The number of anilines is 1. The molecule has 27 heavy (non-hydrogen) atoms. The number of halogens is 1. The molecule has 0 aliphatic rings. The van der Waals surface area contributed by atoms with Gasteiger partial charge in [0.05, 0.1) is 21.2 Å². The largest absolute Gasteiger partial charge is 0.382 e. The molecule has 2 aromatic rings. The van der Waals surface area contributed by atoms with Gasteiger partial charge in [0, 0.05) is 26.8 Å². The molecule has 0 saturated carbocycles. The fourth-order valence-corrected chi connectivity index (χ4v) is 3.80. The highest BCUT2D eigenvalue weighted by Crippen LogP contribution is 2.26. The maximum absolute atomic E-state index is 12.7. The average Bonchev–Trinajstić information content (AvgIpc) is 2.68. The van der Waals surface area contributed by atoms with Crippen molar-refractivity contribution in [1.82, 2.24) is 5.32 Å². The minimum atomic E-state index is -3.73. The number of rotatable bonds is 9. The molecule has 146 valence electrons. The maximum Gasteiger partial charge on any atom is 0.264 e. The van der Waals surface area contributed by atoms with Crippen LogP contribution < -0.4 is 9.62 Å². The van der Waals surface area contributed by atoms with Gasteiger partial charge in [-0.3, -0.25) is 9.10 Å². The second kappa shape index (κ2) is 9.73. The third-order valence-electron chi connectivity index (χ3n) is 3.91. The van der Waals surface area contributed by atoms with E-state index in [9.17, 15) is 13.2 Å². The highest BCUT2D eigenvalue weighted by atomic mass is 35.5. The van der Waals surface area contributed by atoms with E-state index in [2.05, 4.69) is 5.32 Å². The minimum Gasteiger partial charge on any atom is -0.382 e. The van der Waals surface area contributed by atoms with Crippen molar-refractivity contribution in [2.45, 2.75) is 18.2 Å². The van der Waals surface area contributed by atoms with Gasteiger partial charge in [-0.1, -0.05) is 29.8 Å². The Kier molecular flexibility index (Phi) is 7.65. The highest BCUT2D eigenvalue weighted by Gasteiger charge is 2.22. The van der Waals surface area contributed by atoms with Crippen molar-refractivity contribution in [2.75, 3.05) is 31.1 Å². The summed E-state index contributed by atoms with van der Waals surface area (Å²) in [6.07, 6.45) is 0.680. The first-order valence-electron chi connectivity index (χ1n) is 8.57. The number of benzene rings is 2. The van der Waals surface area contributed by atoms with Crippen LogP contribution in [0.15, 0.2) is 53.4 Å². The summed E-state index contributed by atoms with van der Waals surface area (Å²) in [5.41, 5.74) is 0.573. The summed E-state index contributed by atoms with van der Waals surface area (Å²) < 4.78 is 31.9. The average molecular weight is 411 g/mol. The number of sulfonamides is 1. The summed E-state index contributed by atoms with van der Waals surface area (Å²) in [6, 6.07) is 12.7. The van der Waals surface area contributed by atoms with Crippen molar-refractivity contribution >= 4 is 33.2 Å². The van der Waals surface area contributed by atoms with Crippen LogP contribution in [0.25, 0.3) is 0 Å². The summed E-state index contributed by atoms with van der Waals surface area (Å²) in [7, 11) is -2.29. The predicted molar refractivity (Wildman–Crippen MR) is 107 cm³/mol. The van der Waals surface area contributed by atoms with Crippen LogP contribution in [0.1, 0.15) is 23.7 Å². The third kappa shape index (κ3) is 5.45. The third-order valence-corrected chi connectivity index (χ3v) is 6.04. The summed E-state index contributed by atoms with van der Waals surface area (Å²) in [6.45, 7) is 3.54. The molecular formula is C19H23ClN2O4S. The van der Waals surface area contributed by atoms with E-state index in [-0.39, 0.29) is 21.4 Å². The number of hydrogen-bond acceptors (Lipinski definition) is 4. The molecule has 1 N–H and O–H groups in total. The first-order chi connectivity index (χ1) is 12.9. The van der Waals surface area contributed by atoms with Crippen LogP contribution in [-0.4, -0.2) is 41.1 Å². The molecule has 2 aromatic carbocycles. The Hall–Kier alpha value is -2.09. The number of carbonyl (C=O) groups is 1. The number of carbonyl (C=O) groups excluding carboxylic acids is 1. The van der Waals surface area contributed by atoms with Gasteiger partial charge in [0.15, 0.2) is 0 Å². The summed E-state index contributed by atoms with van der Waals surface area (Å²) in [4.78, 5) is 12.6. The van der Waals surface area contributed by atoms with Gasteiger partial charge in [0.2, 0.25) is 0 Å². The van der Waals surface area contributed by atoms with E-state index in [0.29, 0.717) is 31.9 Å². The highest BCUT2D eigenvalue weighted by molar-refractivity contribution is 7.92. The first-order valence-corrected chi connectivity index (χ1v) is 10.4. The van der Waals surface area contributed by atoms with E-state index >= 15 is 0 Å². The van der Waals surface area contributed by atoms with Crippen LogP contribution in [0.2, 0.25) is 5.02 Å². The van der Waals surface area contributed by atoms with Gasteiger partial charge in [-0.05, 0) is 43.7 Å². The van der Waals surface area contributed by atoms with Crippen LogP contribution in [0, 0.1) is 0 Å². The molecule has 0 radical (unpaired) electrons. The zero-order valence-corrected chi connectivity index (χ0v) is 16.9. The molecule has 0 atom stereocenters. The zero-order chi connectivity index (χ0) is 19.9. The number of nitrogens with zero attached hydrogens (tertiary/aromatic N) is 1. The van der Waals surface area contributed by atoms with E-state index in [1.165, 1.54) is 31.3 Å². The molecule has 0 heterocycles. The van der Waals surface area contributed by atoms with Crippen molar-refractivity contribution in [3.63, 3.8) is 0 Å². The molecule has 2 rings (SSSR count). The number of ether oxygens (including phenoxy) is 1. The molecule has 8 heteroatoms. The SMILES string of the molecule is CCOCCCNC(=O)c1cc(N(C)S(=O)(=O)c2ccccc2)ccc1Cl. The van der Waals surface area contributed by atoms with Gasteiger partial charge < -0.3 is 10.1 Å². The molecule has 0 saturated heterocycles. The Morgan fingerprint density at radius 1 is 1.19 bits per heavy atom. The second-order valence-corrected chi connectivity index (χ2v) is 8.13. The van der Waals surface area contributed by atoms with Crippen molar-refractivity contribution in [3.8, 4) is 0 Å². The Morgan fingerprint density at radius 2 is 1.89 bits per heavy atom. The van der Waals surface area contributed by atoms with Crippen LogP contribution in [0.4, 0.5) is 5.69 Å². The predicted octanol–water partition coefficient (Wildman–Crippen LogP) is 3.32. The van der Waals surface area contributed by atoms with Crippen LogP contribution in [-0.2, 0) is 14.8 Å². The molecule has 6 nitrogen and oxygen atoms in total. The van der Waals surface area contributed by atoms with E-state index in [4.69, 9.17) is 16.3 Å². The quantitative estimate of drug-likeness (QED) is 0.643. The normalized spacial score (nSPS) is 11.2. The van der Waals surface area contributed by atoms with Crippen LogP contribution >= 0.6 is 11.6 Å². The maximum atomic E-state index is 12.7. The topological polar surface area (TPSA) is 75.7 Å². The van der Waals surface area contributed by atoms with Gasteiger partial charge in [-0.2, -0.15) is 0 Å². The number of amides is 1. The Morgan fingerprint density at radius 3 is 2.56 bits per heavy atom. The smallest absolute Gasteiger partial charge is 0.264 e. The van der Waals surface area contributed by atoms with Gasteiger partial charge in [0.1, 0.15) is 0 Å². The Bertz CT molecular complexity index is 873. The Labute approximate surface area is 165 Å². The zero-order valence-electron chi connectivity index (χ0n) is 15.3. The van der Waals surface area contributed by atoms with Gasteiger partial charge in [-0.15, -0.1) is 0 Å². The van der Waals surface area contributed by atoms with Gasteiger partial charge in [-0.25, -0.2) is 8.42 Å². The molecule has 0 fully saturated rings. The molecule has 0 aromatic heterocycles. The summed E-state index contributed by atoms with van der Waals surface area (Å²) >= 11 is 6.14. The molecule has 1 amide bonds. The molecular weight excluding hydrogens is 388 g/mol. The molecule has 0 unspecified atom stereocenters. The summed E-state index contributed by atoms with van der Waals surface area (Å²) in [5.74, 6) is -0.358. The van der Waals surface area contributed by atoms with E-state index in [1.807, 2.05) is 6.92 Å². The molecule has 0 bridgehead atoms. The molecule has 0 spiro atoms. The molecule has 0 aliphatic carbocycles. The van der Waals surface area contributed by atoms with E-state index in [1.54, 1.807) is 24.3 Å². The lowest BCUT2D eigenvalue weighted by Gasteiger charge is -2.20. The van der Waals surface area contributed by atoms with Gasteiger partial charge >= 0.3 is 0 Å². The van der Waals surface area contributed by atoms with Crippen molar-refractivity contribution in [2.24, 2.45) is 0 Å². The van der Waals surface area contributed by atoms with Crippen LogP contribution in [0.3, 0.4) is 0 Å². The fraction of sp³-hybridized carbons (Fsp3) is 0.316. The van der Waals surface area contributed by atoms with Crippen molar-refractivity contribution < 1.29 is 17.9 Å². The minimum absolute atomic E-state index is 0.171. The monoisotopic (exact) mass is 410 g/mol. The van der Waals surface area contributed by atoms with Gasteiger partial charge in [0.25, 0.3) is 15.9 Å². The lowest BCUT2D eigenvalue weighted by atomic mass is 10.2. The fourth-order valence-electron chi connectivity index (χ4n) is 2.39. The van der Waals surface area contributed by atoms with Crippen molar-refractivity contribution in [3.05, 3.63) is 59.1 Å². The number of nitrogens with one attached hydrogen (secondary N) is 1.